The van der Waals surface area contributed by atoms with Gasteiger partial charge in [0.15, 0.2) is 0 Å². The van der Waals surface area contributed by atoms with Gasteiger partial charge in [-0.25, -0.2) is 8.42 Å². The van der Waals surface area contributed by atoms with Crippen molar-refractivity contribution in [2.75, 3.05) is 29.4 Å². The highest BCUT2D eigenvalue weighted by Gasteiger charge is 2.21. The highest BCUT2D eigenvalue weighted by molar-refractivity contribution is 7.99. The number of amides is 1. The third-order valence-corrected chi connectivity index (χ3v) is 6.27. The van der Waals surface area contributed by atoms with E-state index in [0.29, 0.717) is 17.3 Å². The standard InChI is InChI=1S/C19H23ClN2O3S2/c1-15-6-3-4-7-18(15)22(27(2,24)25)14-19(23)21-12-5-13-26-17-10-8-16(20)9-11-17/h3-4,6-11H,5,12-14H2,1-2H3,(H,21,23). The molecule has 0 spiro atoms. The van der Waals surface area contributed by atoms with Crippen LogP contribution in [0, 0.1) is 6.92 Å². The van der Waals surface area contributed by atoms with Crippen molar-refractivity contribution in [3.63, 3.8) is 0 Å². The molecule has 27 heavy (non-hydrogen) atoms. The first-order chi connectivity index (χ1) is 12.8. The molecule has 2 aromatic rings. The van der Waals surface area contributed by atoms with Gasteiger partial charge >= 0.3 is 0 Å². The molecule has 0 bridgehead atoms. The number of hydrogen-bond donors (Lipinski definition) is 1. The molecule has 0 aliphatic rings. The lowest BCUT2D eigenvalue weighted by Gasteiger charge is -2.23. The molecule has 0 radical (unpaired) electrons. The maximum absolute atomic E-state index is 12.2. The van der Waals surface area contributed by atoms with Crippen molar-refractivity contribution in [3.8, 4) is 0 Å². The lowest BCUT2D eigenvalue weighted by molar-refractivity contribution is -0.119. The molecule has 0 aromatic heterocycles. The van der Waals surface area contributed by atoms with Crippen LogP contribution in [0.4, 0.5) is 5.69 Å². The third-order valence-electron chi connectivity index (χ3n) is 3.80. The van der Waals surface area contributed by atoms with Crippen molar-refractivity contribution in [1.82, 2.24) is 5.32 Å². The number of sulfonamides is 1. The Morgan fingerprint density at radius 2 is 1.81 bits per heavy atom. The zero-order valence-electron chi connectivity index (χ0n) is 15.3. The second-order valence-electron chi connectivity index (χ2n) is 6.06. The Kier molecular flexibility index (Phi) is 8.01. The largest absolute Gasteiger partial charge is 0.354 e. The van der Waals surface area contributed by atoms with Crippen LogP contribution in [-0.4, -0.2) is 39.4 Å². The molecule has 1 N–H and O–H groups in total. The topological polar surface area (TPSA) is 66.5 Å². The lowest BCUT2D eigenvalue weighted by atomic mass is 10.2. The summed E-state index contributed by atoms with van der Waals surface area (Å²) < 4.78 is 25.4. The van der Waals surface area contributed by atoms with Crippen molar-refractivity contribution < 1.29 is 13.2 Å². The normalized spacial score (nSPS) is 11.2. The molecular formula is C19H23ClN2O3S2. The van der Waals surface area contributed by atoms with Crippen LogP contribution in [0.3, 0.4) is 0 Å². The molecule has 0 aliphatic carbocycles. The van der Waals surface area contributed by atoms with Gasteiger partial charge in [-0.05, 0) is 55.0 Å². The molecule has 0 saturated heterocycles. The lowest BCUT2D eigenvalue weighted by Crippen LogP contribution is -2.41. The van der Waals surface area contributed by atoms with E-state index in [9.17, 15) is 13.2 Å². The molecule has 0 saturated carbocycles. The number of rotatable bonds is 9. The number of halogens is 1. The summed E-state index contributed by atoms with van der Waals surface area (Å²) >= 11 is 7.54. The summed E-state index contributed by atoms with van der Waals surface area (Å²) in [6, 6.07) is 14.7. The smallest absolute Gasteiger partial charge is 0.240 e. The number of carbonyl (C=O) groups excluding carboxylic acids is 1. The van der Waals surface area contributed by atoms with E-state index in [4.69, 9.17) is 11.6 Å². The molecule has 146 valence electrons. The fourth-order valence-corrected chi connectivity index (χ4v) is 4.32. The first-order valence-corrected chi connectivity index (χ1v) is 11.7. The van der Waals surface area contributed by atoms with Gasteiger partial charge in [0.2, 0.25) is 15.9 Å². The number of aryl methyl sites for hydroxylation is 1. The van der Waals surface area contributed by atoms with E-state index in [1.54, 1.807) is 23.9 Å². The molecule has 8 heteroatoms. The number of hydrogen-bond acceptors (Lipinski definition) is 4. The Morgan fingerprint density at radius 1 is 1.15 bits per heavy atom. The Bertz CT molecular complexity index is 871. The molecule has 0 unspecified atom stereocenters. The van der Waals surface area contributed by atoms with E-state index in [1.165, 1.54) is 0 Å². The fraction of sp³-hybridized carbons (Fsp3) is 0.316. The van der Waals surface area contributed by atoms with Crippen LogP contribution in [0.15, 0.2) is 53.4 Å². The Balaban J connectivity index is 1.82. The van der Waals surface area contributed by atoms with Crippen LogP contribution in [0.2, 0.25) is 5.02 Å². The molecule has 2 rings (SSSR count). The van der Waals surface area contributed by atoms with E-state index in [2.05, 4.69) is 5.32 Å². The first-order valence-electron chi connectivity index (χ1n) is 8.46. The number of para-hydroxylation sites is 1. The van der Waals surface area contributed by atoms with Crippen LogP contribution < -0.4 is 9.62 Å². The van der Waals surface area contributed by atoms with Gasteiger partial charge in [-0.3, -0.25) is 9.10 Å². The molecular weight excluding hydrogens is 404 g/mol. The molecule has 1 amide bonds. The average molecular weight is 427 g/mol. The van der Waals surface area contributed by atoms with Crippen LogP contribution in [0.5, 0.6) is 0 Å². The van der Waals surface area contributed by atoms with Gasteiger partial charge < -0.3 is 5.32 Å². The van der Waals surface area contributed by atoms with Gasteiger partial charge in [0.1, 0.15) is 6.54 Å². The van der Waals surface area contributed by atoms with Gasteiger partial charge in [0, 0.05) is 16.5 Å². The number of nitrogens with one attached hydrogen (secondary N) is 1. The Hall–Kier alpha value is -1.70. The average Bonchev–Trinajstić information content (AvgIpc) is 2.61. The van der Waals surface area contributed by atoms with Gasteiger partial charge in [-0.15, -0.1) is 11.8 Å². The fourth-order valence-electron chi connectivity index (χ4n) is 2.43. The molecule has 0 heterocycles. The minimum atomic E-state index is -3.55. The number of benzene rings is 2. The second-order valence-corrected chi connectivity index (χ2v) is 9.57. The van der Waals surface area contributed by atoms with E-state index in [1.807, 2.05) is 43.3 Å². The summed E-state index contributed by atoms with van der Waals surface area (Å²) in [6.07, 6.45) is 1.89. The maximum atomic E-state index is 12.2. The summed E-state index contributed by atoms with van der Waals surface area (Å²) in [5.74, 6) is 0.523. The van der Waals surface area contributed by atoms with E-state index in [-0.39, 0.29) is 12.5 Å². The quantitative estimate of drug-likeness (QED) is 0.490. The van der Waals surface area contributed by atoms with E-state index < -0.39 is 10.0 Å². The molecule has 5 nitrogen and oxygen atoms in total. The number of thioether (sulfide) groups is 1. The van der Waals surface area contributed by atoms with E-state index >= 15 is 0 Å². The zero-order valence-corrected chi connectivity index (χ0v) is 17.7. The monoisotopic (exact) mass is 426 g/mol. The summed E-state index contributed by atoms with van der Waals surface area (Å²) in [5.41, 5.74) is 1.32. The molecule has 0 fully saturated rings. The van der Waals surface area contributed by atoms with E-state index in [0.717, 1.165) is 33.2 Å². The predicted octanol–water partition coefficient (Wildman–Crippen LogP) is 3.71. The summed E-state index contributed by atoms with van der Waals surface area (Å²) in [5, 5.41) is 3.49. The van der Waals surface area contributed by atoms with Gasteiger partial charge in [0.05, 0.1) is 11.9 Å². The zero-order chi connectivity index (χ0) is 19.9. The Morgan fingerprint density at radius 3 is 2.44 bits per heavy atom. The SMILES string of the molecule is Cc1ccccc1N(CC(=O)NCCCSc1ccc(Cl)cc1)S(C)(=O)=O. The van der Waals surface area contributed by atoms with Crippen molar-refractivity contribution in [2.24, 2.45) is 0 Å². The van der Waals surface area contributed by atoms with Crippen LogP contribution >= 0.6 is 23.4 Å². The number of nitrogens with zero attached hydrogens (tertiary/aromatic N) is 1. The van der Waals surface area contributed by atoms with Crippen LogP contribution in [0.1, 0.15) is 12.0 Å². The molecule has 0 aliphatic heterocycles. The number of anilines is 1. The summed E-state index contributed by atoms with van der Waals surface area (Å²) in [4.78, 5) is 13.3. The van der Waals surface area contributed by atoms with Crippen molar-refractivity contribution in [2.45, 2.75) is 18.2 Å². The van der Waals surface area contributed by atoms with Gasteiger partial charge in [0.25, 0.3) is 0 Å². The second kappa shape index (κ2) is 10.0. The minimum absolute atomic E-state index is 0.228. The number of carbonyl (C=O) groups is 1. The molecule has 0 atom stereocenters. The third kappa shape index (κ3) is 7.08. The minimum Gasteiger partial charge on any atom is -0.354 e. The first kappa shape index (κ1) is 21.6. The summed E-state index contributed by atoms with van der Waals surface area (Å²) in [7, 11) is -3.55. The summed E-state index contributed by atoms with van der Waals surface area (Å²) in [6.45, 7) is 2.08. The van der Waals surface area contributed by atoms with Crippen molar-refractivity contribution >= 4 is 45.0 Å². The van der Waals surface area contributed by atoms with Crippen LogP contribution in [0.25, 0.3) is 0 Å². The maximum Gasteiger partial charge on any atom is 0.240 e. The van der Waals surface area contributed by atoms with Crippen molar-refractivity contribution in [3.05, 3.63) is 59.1 Å². The highest BCUT2D eigenvalue weighted by atomic mass is 35.5. The Labute approximate surface area is 170 Å². The van der Waals surface area contributed by atoms with Gasteiger partial charge in [-0.1, -0.05) is 29.8 Å². The van der Waals surface area contributed by atoms with Crippen molar-refractivity contribution in [1.29, 1.82) is 0 Å². The molecule has 2 aromatic carbocycles. The highest BCUT2D eigenvalue weighted by Crippen LogP contribution is 2.22. The van der Waals surface area contributed by atoms with Gasteiger partial charge in [-0.2, -0.15) is 0 Å². The predicted molar refractivity (Wildman–Crippen MR) is 113 cm³/mol. The van der Waals surface area contributed by atoms with Crippen LogP contribution in [-0.2, 0) is 14.8 Å².